The molecule has 3 aromatic heterocycles. The molecule has 31 heavy (non-hydrogen) atoms. The fourth-order valence-electron chi connectivity index (χ4n) is 3.23. The van der Waals surface area contributed by atoms with Gasteiger partial charge in [0.15, 0.2) is 11.5 Å². The van der Waals surface area contributed by atoms with Crippen molar-refractivity contribution >= 4 is 17.3 Å². The molecule has 158 valence electrons. The molecule has 1 aliphatic heterocycles. The Morgan fingerprint density at radius 3 is 2.90 bits per heavy atom. The van der Waals surface area contributed by atoms with E-state index in [2.05, 4.69) is 25.4 Å². The van der Waals surface area contributed by atoms with Crippen molar-refractivity contribution in [1.82, 2.24) is 24.6 Å². The normalized spacial score (nSPS) is 16.3. The first-order valence-electron chi connectivity index (χ1n) is 9.81. The number of aromatic nitrogens is 5. The number of hydrogen-bond donors (Lipinski definition) is 2. The Labute approximate surface area is 177 Å². The summed E-state index contributed by atoms with van der Waals surface area (Å²) in [4.78, 5) is 13.4. The lowest BCUT2D eigenvalue weighted by Crippen LogP contribution is -2.11. The first-order valence-corrected chi connectivity index (χ1v) is 9.81. The summed E-state index contributed by atoms with van der Waals surface area (Å²) in [6, 6.07) is 9.89. The first kappa shape index (κ1) is 19.2. The van der Waals surface area contributed by atoms with Crippen LogP contribution in [0.1, 0.15) is 18.5 Å². The molecule has 0 aliphatic carbocycles. The van der Waals surface area contributed by atoms with E-state index in [-0.39, 0.29) is 24.0 Å². The molecule has 1 saturated heterocycles. The van der Waals surface area contributed by atoms with E-state index in [9.17, 15) is 4.39 Å². The van der Waals surface area contributed by atoms with Crippen LogP contribution in [0.15, 0.2) is 48.8 Å². The summed E-state index contributed by atoms with van der Waals surface area (Å²) in [5, 5.41) is 7.62. The number of nitrogens with two attached hydrogens (primary N) is 1. The second-order valence-corrected chi connectivity index (χ2v) is 7.25. The Balaban J connectivity index is 1.52. The molecule has 3 N–H and O–H groups in total. The molecule has 2 atom stereocenters. The van der Waals surface area contributed by atoms with Crippen molar-refractivity contribution in [2.45, 2.75) is 19.1 Å². The number of nitrogens with zero attached hydrogens (tertiary/aromatic N) is 5. The van der Waals surface area contributed by atoms with Crippen LogP contribution in [0.25, 0.3) is 16.9 Å². The van der Waals surface area contributed by atoms with Crippen LogP contribution in [0.3, 0.4) is 0 Å². The summed E-state index contributed by atoms with van der Waals surface area (Å²) in [5.74, 6) is 0.545. The zero-order valence-corrected chi connectivity index (χ0v) is 16.7. The van der Waals surface area contributed by atoms with Crippen molar-refractivity contribution in [2.75, 3.05) is 24.3 Å². The molecule has 1 aliphatic rings. The number of nitrogen functional groups attached to an aromatic ring is 1. The number of halogens is 1. The summed E-state index contributed by atoms with van der Waals surface area (Å²) >= 11 is 0. The van der Waals surface area contributed by atoms with Crippen LogP contribution in [0.2, 0.25) is 0 Å². The highest BCUT2D eigenvalue weighted by atomic mass is 19.1. The van der Waals surface area contributed by atoms with Gasteiger partial charge < -0.3 is 20.5 Å². The van der Waals surface area contributed by atoms with Gasteiger partial charge in [0, 0.05) is 24.5 Å². The molecule has 10 heteroatoms. The van der Waals surface area contributed by atoms with Gasteiger partial charge in [0.2, 0.25) is 0 Å². The van der Waals surface area contributed by atoms with Crippen LogP contribution in [0.5, 0.6) is 6.01 Å². The Hall–Kier alpha value is -3.79. The highest BCUT2D eigenvalue weighted by Crippen LogP contribution is 2.31. The van der Waals surface area contributed by atoms with E-state index in [4.69, 9.17) is 15.2 Å². The smallest absolute Gasteiger partial charge is 0.319 e. The van der Waals surface area contributed by atoms with Gasteiger partial charge in [0.1, 0.15) is 24.3 Å². The van der Waals surface area contributed by atoms with Gasteiger partial charge in [-0.25, -0.2) is 13.9 Å². The molecule has 9 nitrogen and oxygen atoms in total. The maximum Gasteiger partial charge on any atom is 0.319 e. The molecule has 1 aromatic carbocycles. The highest BCUT2D eigenvalue weighted by Gasteiger charge is 2.24. The van der Waals surface area contributed by atoms with Gasteiger partial charge in [0.05, 0.1) is 17.9 Å². The minimum absolute atomic E-state index is 0.0607. The van der Waals surface area contributed by atoms with E-state index in [1.54, 1.807) is 41.2 Å². The number of epoxide rings is 1. The predicted molar refractivity (Wildman–Crippen MR) is 112 cm³/mol. The number of anilines is 2. The zero-order chi connectivity index (χ0) is 21.4. The lowest BCUT2D eigenvalue weighted by molar-refractivity contribution is 0.247. The Morgan fingerprint density at radius 1 is 1.32 bits per heavy atom. The van der Waals surface area contributed by atoms with Crippen molar-refractivity contribution in [3.63, 3.8) is 0 Å². The van der Waals surface area contributed by atoms with Crippen molar-refractivity contribution < 1.29 is 13.9 Å². The molecule has 4 aromatic rings. The van der Waals surface area contributed by atoms with Gasteiger partial charge in [0.25, 0.3) is 0 Å². The van der Waals surface area contributed by atoms with Crippen molar-refractivity contribution in [1.29, 1.82) is 0 Å². The molecule has 0 unspecified atom stereocenters. The molecular weight excluding hydrogens is 401 g/mol. The van der Waals surface area contributed by atoms with E-state index in [0.29, 0.717) is 41.8 Å². The fourth-order valence-corrected chi connectivity index (χ4v) is 3.23. The lowest BCUT2D eigenvalue weighted by atomic mass is 10.1. The first-order chi connectivity index (χ1) is 15.1. The lowest BCUT2D eigenvalue weighted by Gasteiger charge is -2.16. The second-order valence-electron chi connectivity index (χ2n) is 7.25. The van der Waals surface area contributed by atoms with E-state index in [0.717, 1.165) is 5.56 Å². The van der Waals surface area contributed by atoms with Crippen LogP contribution in [0.4, 0.5) is 16.0 Å². The van der Waals surface area contributed by atoms with E-state index < -0.39 is 0 Å². The Kier molecular flexibility index (Phi) is 4.83. The maximum atomic E-state index is 13.3. The van der Waals surface area contributed by atoms with Crippen molar-refractivity contribution in [3.05, 3.63) is 60.2 Å². The number of rotatable bonds is 7. The minimum atomic E-state index is -0.283. The second kappa shape index (κ2) is 7.80. The molecule has 0 bridgehead atoms. The summed E-state index contributed by atoms with van der Waals surface area (Å²) in [6.07, 6.45) is 3.49. The number of benzene rings is 1. The highest BCUT2D eigenvalue weighted by molar-refractivity contribution is 5.85. The largest absolute Gasteiger partial charge is 0.461 e. The van der Waals surface area contributed by atoms with E-state index in [1.807, 2.05) is 6.92 Å². The fraction of sp³-hybridized carbons (Fsp3) is 0.238. The summed E-state index contributed by atoms with van der Waals surface area (Å²) in [5.41, 5.74) is 8.78. The van der Waals surface area contributed by atoms with Gasteiger partial charge in [-0.15, -0.1) is 5.10 Å². The molecule has 4 heterocycles. The van der Waals surface area contributed by atoms with Gasteiger partial charge >= 0.3 is 6.01 Å². The number of nitrogens with one attached hydrogen (secondary N) is 1. The third-order valence-electron chi connectivity index (χ3n) is 4.92. The van der Waals surface area contributed by atoms with Crippen LogP contribution in [-0.2, 0) is 4.74 Å². The number of ether oxygens (including phenoxy) is 2. The van der Waals surface area contributed by atoms with E-state index in [1.165, 1.54) is 12.1 Å². The monoisotopic (exact) mass is 421 g/mol. The summed E-state index contributed by atoms with van der Waals surface area (Å²) < 4.78 is 25.8. The third-order valence-corrected chi connectivity index (χ3v) is 4.92. The molecule has 0 radical (unpaired) electrons. The van der Waals surface area contributed by atoms with E-state index >= 15 is 0 Å². The van der Waals surface area contributed by atoms with Crippen LogP contribution < -0.4 is 15.8 Å². The number of fused-ring (bicyclic) bond motifs is 1. The molecule has 0 spiro atoms. The van der Waals surface area contributed by atoms with Gasteiger partial charge in [-0.3, -0.25) is 0 Å². The standard InChI is InChI=1S/C21H20FN7O2/c1-12(13-3-5-14(22)6-4-13)25-17-9-16(26-21(27-17)31-11-15-10-30-15)18-19(23)28-29-8-2-7-24-20(18)29/h2-9,12,15H,10-11H2,1H3,(H2,23,28)(H,25,26,27)/t12-,15+/m0/s1. The molecule has 1 fully saturated rings. The van der Waals surface area contributed by atoms with Crippen LogP contribution in [-0.4, -0.2) is 43.9 Å². The Bertz CT molecular complexity index is 1220. The number of hydrogen-bond acceptors (Lipinski definition) is 8. The molecule has 5 rings (SSSR count). The Morgan fingerprint density at radius 2 is 2.13 bits per heavy atom. The average Bonchev–Trinajstić information content (AvgIpc) is 3.53. The molecule has 0 amide bonds. The zero-order valence-electron chi connectivity index (χ0n) is 16.7. The van der Waals surface area contributed by atoms with Crippen LogP contribution >= 0.6 is 0 Å². The summed E-state index contributed by atoms with van der Waals surface area (Å²) in [7, 11) is 0. The van der Waals surface area contributed by atoms with Gasteiger partial charge in [-0.05, 0) is 30.7 Å². The SMILES string of the molecule is C[C@H](Nc1cc(-c2c(N)nn3cccnc23)nc(OC[C@H]2CO2)n1)c1ccc(F)cc1. The predicted octanol–water partition coefficient (Wildman–Crippen LogP) is 2.86. The third kappa shape index (κ3) is 4.10. The quantitative estimate of drug-likeness (QED) is 0.438. The van der Waals surface area contributed by atoms with Crippen molar-refractivity contribution in [3.8, 4) is 17.3 Å². The molecule has 0 saturated carbocycles. The van der Waals surface area contributed by atoms with Crippen LogP contribution in [0, 0.1) is 5.82 Å². The summed E-state index contributed by atoms with van der Waals surface area (Å²) in [6.45, 7) is 2.98. The average molecular weight is 421 g/mol. The van der Waals surface area contributed by atoms with Gasteiger partial charge in [-0.2, -0.15) is 9.97 Å². The van der Waals surface area contributed by atoms with Crippen molar-refractivity contribution in [2.24, 2.45) is 0 Å². The minimum Gasteiger partial charge on any atom is -0.461 e. The molecular formula is C21H20FN7O2. The topological polar surface area (TPSA) is 116 Å². The maximum absolute atomic E-state index is 13.3. The van der Waals surface area contributed by atoms with Gasteiger partial charge in [-0.1, -0.05) is 12.1 Å².